The molecule has 0 aromatic carbocycles. The van der Waals surface area contributed by atoms with Crippen molar-refractivity contribution in [2.75, 3.05) is 6.61 Å². The smallest absolute Gasteiger partial charge is 0.420 e. The van der Waals surface area contributed by atoms with Crippen LogP contribution in [-0.4, -0.2) is 31.4 Å². The Hall–Kier alpha value is -1.69. The molecule has 1 rings (SSSR count). The van der Waals surface area contributed by atoms with Crippen molar-refractivity contribution in [2.45, 2.75) is 32.7 Å². The van der Waals surface area contributed by atoms with E-state index in [0.717, 1.165) is 0 Å². The lowest BCUT2D eigenvalue weighted by atomic mass is 10.2. The van der Waals surface area contributed by atoms with E-state index in [9.17, 15) is 4.79 Å². The fourth-order valence-corrected chi connectivity index (χ4v) is 2.38. The van der Waals surface area contributed by atoms with Crippen LogP contribution in [0.5, 0.6) is 0 Å². The molecule has 1 aromatic heterocycles. The van der Waals surface area contributed by atoms with Crippen LogP contribution >= 0.6 is 0 Å². The predicted octanol–water partition coefficient (Wildman–Crippen LogP) is 2.41. The number of rotatable bonds is 6. The van der Waals surface area contributed by atoms with Gasteiger partial charge in [-0.05, 0) is 38.7 Å². The van der Waals surface area contributed by atoms with Gasteiger partial charge < -0.3 is 19.1 Å². The zero-order valence-electron chi connectivity index (χ0n) is 11.5. The molecule has 6 nitrogen and oxygen atoms in total. The minimum atomic E-state index is -1.98. The second-order valence-corrected chi connectivity index (χ2v) is 9.29. The van der Waals surface area contributed by atoms with Crippen molar-refractivity contribution in [1.82, 2.24) is 0 Å². The monoisotopic (exact) mass is 282 g/mol. The third-order valence-electron chi connectivity index (χ3n) is 2.11. The quantitative estimate of drug-likeness (QED) is 0.263. The van der Waals surface area contributed by atoms with Gasteiger partial charge in [0.05, 0.1) is 12.9 Å². The van der Waals surface area contributed by atoms with Gasteiger partial charge in [-0.15, -0.1) is 0 Å². The maximum absolute atomic E-state index is 11.8. The predicted molar refractivity (Wildman–Crippen MR) is 71.1 cm³/mol. The number of carbonyl (C=O) groups is 1. The van der Waals surface area contributed by atoms with Gasteiger partial charge >= 0.3 is 11.7 Å². The lowest BCUT2D eigenvalue weighted by Crippen LogP contribution is -2.35. The summed E-state index contributed by atoms with van der Waals surface area (Å²) < 4.78 is 16.0. The van der Waals surface area contributed by atoms with Crippen molar-refractivity contribution in [3.05, 3.63) is 29.7 Å². The zero-order valence-corrected chi connectivity index (χ0v) is 12.5. The highest BCUT2D eigenvalue weighted by molar-refractivity contribution is 6.70. The highest BCUT2D eigenvalue weighted by Crippen LogP contribution is 2.24. The minimum absolute atomic E-state index is 0.190. The van der Waals surface area contributed by atoms with Crippen LogP contribution in [0.3, 0.4) is 0 Å². The van der Waals surface area contributed by atoms with E-state index in [1.54, 1.807) is 19.1 Å². The van der Waals surface area contributed by atoms with Crippen LogP contribution in [0.1, 0.15) is 18.8 Å². The van der Waals surface area contributed by atoms with Crippen LogP contribution in [0.4, 0.5) is 0 Å². The van der Waals surface area contributed by atoms with E-state index >= 15 is 0 Å². The molecule has 1 aromatic rings. The van der Waals surface area contributed by atoms with Crippen molar-refractivity contribution in [3.63, 3.8) is 0 Å². The summed E-state index contributed by atoms with van der Waals surface area (Å²) in [6.07, 6.45) is 0.612. The Kier molecular flexibility index (Phi) is 5.23. The highest BCUT2D eigenvalue weighted by atomic mass is 28.4. The first-order valence-corrected chi connectivity index (χ1v) is 9.40. The molecule has 0 spiro atoms. The van der Waals surface area contributed by atoms with Crippen LogP contribution in [0.15, 0.2) is 22.8 Å². The van der Waals surface area contributed by atoms with E-state index in [-0.39, 0.29) is 12.3 Å². The lowest BCUT2D eigenvalue weighted by molar-refractivity contribution is -0.141. The highest BCUT2D eigenvalue weighted by Gasteiger charge is 2.39. The average Bonchev–Trinajstić information content (AvgIpc) is 2.80. The maximum atomic E-state index is 11.8. The molecule has 1 atom stereocenters. The third-order valence-corrected chi connectivity index (χ3v) is 3.06. The Bertz CT molecular complexity index is 472. The molecule has 0 radical (unpaired) electrons. The fraction of sp³-hybridized carbons (Fsp3) is 0.500. The van der Waals surface area contributed by atoms with Crippen molar-refractivity contribution < 1.29 is 23.2 Å². The van der Waals surface area contributed by atoms with E-state index in [1.165, 1.54) is 6.26 Å². The molecular weight excluding hydrogens is 264 g/mol. The Morgan fingerprint density at radius 3 is 2.63 bits per heavy atom. The van der Waals surface area contributed by atoms with Gasteiger partial charge in [-0.25, -0.2) is 4.79 Å². The normalized spacial score (nSPS) is 12.6. The lowest BCUT2D eigenvalue weighted by Gasteiger charge is -2.21. The molecule has 0 aliphatic rings. The van der Waals surface area contributed by atoms with Gasteiger partial charge in [0.15, 0.2) is 8.32 Å². The molecule has 0 bridgehead atoms. The number of carbonyl (C=O) groups excluding carboxylic acids is 1. The first-order chi connectivity index (χ1) is 8.89. The van der Waals surface area contributed by atoms with E-state index in [4.69, 9.17) is 19.1 Å². The van der Waals surface area contributed by atoms with Crippen LogP contribution in [0.2, 0.25) is 19.6 Å². The molecule has 0 N–H and O–H groups in total. The van der Waals surface area contributed by atoms with Gasteiger partial charge in [0.2, 0.25) is 6.10 Å². The summed E-state index contributed by atoms with van der Waals surface area (Å²) >= 11 is 0. The number of hydrogen-bond acceptors (Lipinski definition) is 4. The molecule has 0 aliphatic carbocycles. The average molecular weight is 282 g/mol. The maximum Gasteiger partial charge on any atom is 0.420 e. The molecule has 0 amide bonds. The van der Waals surface area contributed by atoms with Crippen LogP contribution in [0, 0.1) is 0 Å². The standard InChI is InChI=1S/C12H18N2O4Si/c1-5-16-12(15)10(14-13)11(18-19(2,3)4)9-7-6-8-17-9/h6-8,11H,5H2,1-4H3. The molecule has 104 valence electrons. The summed E-state index contributed by atoms with van der Waals surface area (Å²) in [5, 5.41) is 0. The van der Waals surface area contributed by atoms with Crippen molar-refractivity contribution in [3.8, 4) is 0 Å². The molecule has 0 saturated carbocycles. The zero-order chi connectivity index (χ0) is 14.5. The minimum Gasteiger partial charge on any atom is -0.466 e. The second kappa shape index (κ2) is 6.47. The molecular formula is C12H18N2O4Si. The Labute approximate surface area is 113 Å². The SMILES string of the molecule is CCOC(=O)C(=[N+]=[N-])C(O[Si](C)(C)C)c1ccco1. The molecule has 1 heterocycles. The number of ether oxygens (including phenoxy) is 1. The van der Waals surface area contributed by atoms with Gasteiger partial charge in [0.1, 0.15) is 5.76 Å². The number of hydrogen-bond donors (Lipinski definition) is 0. The summed E-state index contributed by atoms with van der Waals surface area (Å²) in [5.41, 5.74) is 8.86. The van der Waals surface area contributed by atoms with E-state index in [0.29, 0.717) is 5.76 Å². The van der Waals surface area contributed by atoms with Gasteiger partial charge in [-0.2, -0.15) is 4.79 Å². The molecule has 1 unspecified atom stereocenters. The van der Waals surface area contributed by atoms with E-state index < -0.39 is 20.4 Å². The topological polar surface area (TPSA) is 85.1 Å². The van der Waals surface area contributed by atoms with E-state index in [2.05, 4.69) is 4.79 Å². The summed E-state index contributed by atoms with van der Waals surface area (Å²) in [4.78, 5) is 14.8. The Morgan fingerprint density at radius 2 is 2.21 bits per heavy atom. The van der Waals surface area contributed by atoms with Crippen molar-refractivity contribution >= 4 is 20.0 Å². The van der Waals surface area contributed by atoms with E-state index in [1.807, 2.05) is 19.6 Å². The Balaban J connectivity index is 3.09. The van der Waals surface area contributed by atoms with Crippen molar-refractivity contribution in [1.29, 1.82) is 0 Å². The van der Waals surface area contributed by atoms with Crippen molar-refractivity contribution in [2.24, 2.45) is 0 Å². The summed E-state index contributed by atoms with van der Waals surface area (Å²) in [6, 6.07) is 3.34. The molecule has 19 heavy (non-hydrogen) atoms. The largest absolute Gasteiger partial charge is 0.466 e. The number of nitrogens with zero attached hydrogens (tertiary/aromatic N) is 2. The molecule has 0 saturated heterocycles. The number of furan rings is 1. The summed E-state index contributed by atoms with van der Waals surface area (Å²) in [6.45, 7) is 7.75. The summed E-state index contributed by atoms with van der Waals surface area (Å²) in [5.74, 6) is -0.312. The van der Waals surface area contributed by atoms with Gasteiger partial charge in [-0.1, -0.05) is 0 Å². The van der Waals surface area contributed by atoms with Crippen LogP contribution in [0.25, 0.3) is 5.53 Å². The molecule has 0 fully saturated rings. The second-order valence-electron chi connectivity index (χ2n) is 4.83. The van der Waals surface area contributed by atoms with Gasteiger partial charge in [-0.3, -0.25) is 0 Å². The van der Waals surface area contributed by atoms with Gasteiger partial charge in [0.25, 0.3) is 0 Å². The third kappa shape index (κ3) is 4.48. The first-order valence-electron chi connectivity index (χ1n) is 5.99. The summed E-state index contributed by atoms with van der Waals surface area (Å²) in [7, 11) is -1.98. The van der Waals surface area contributed by atoms with Gasteiger partial charge in [0, 0.05) is 0 Å². The van der Waals surface area contributed by atoms with Crippen LogP contribution < -0.4 is 0 Å². The van der Waals surface area contributed by atoms with Crippen LogP contribution in [-0.2, 0) is 14.0 Å². The Morgan fingerprint density at radius 1 is 1.53 bits per heavy atom. The number of esters is 1. The first kappa shape index (κ1) is 15.4. The molecule has 0 aliphatic heterocycles. The fourth-order valence-electron chi connectivity index (χ4n) is 1.45. The molecule has 7 heteroatoms.